The summed E-state index contributed by atoms with van der Waals surface area (Å²) in [6.07, 6.45) is 1.15. The van der Waals surface area contributed by atoms with Gasteiger partial charge < -0.3 is 20.6 Å². The molecule has 0 atom stereocenters. The van der Waals surface area contributed by atoms with Crippen LogP contribution < -0.4 is 16.4 Å². The first kappa shape index (κ1) is 35.1. The number of nitrogens with zero attached hydrogens (tertiary/aromatic N) is 4. The second-order valence-corrected chi connectivity index (χ2v) is 13.2. The number of nitrogens with one attached hydrogen (secondary N) is 2. The molecular formula is C30H23N7O11S2. The summed E-state index contributed by atoms with van der Waals surface area (Å²) in [5.74, 6) is -3.45. The first-order chi connectivity index (χ1) is 23.5. The molecule has 1 aliphatic carbocycles. The minimum atomic E-state index is -5.21. The van der Waals surface area contributed by atoms with Gasteiger partial charge in [0.25, 0.3) is 26.1 Å². The molecule has 0 saturated heterocycles. The highest BCUT2D eigenvalue weighted by Gasteiger charge is 2.32. The summed E-state index contributed by atoms with van der Waals surface area (Å²) >= 11 is 0. The summed E-state index contributed by atoms with van der Waals surface area (Å²) in [6, 6.07) is 10.9. The van der Waals surface area contributed by atoms with Crippen molar-refractivity contribution in [3.8, 4) is 22.5 Å². The molecule has 20 heteroatoms. The molecule has 2 heterocycles. The number of azide groups is 1. The van der Waals surface area contributed by atoms with E-state index < -0.39 is 69.9 Å². The molecule has 0 radical (unpaired) electrons. The van der Waals surface area contributed by atoms with E-state index in [-0.39, 0.29) is 58.5 Å². The molecule has 1 aromatic heterocycles. The van der Waals surface area contributed by atoms with Crippen LogP contribution in [0, 0.1) is 5.41 Å². The van der Waals surface area contributed by atoms with Gasteiger partial charge in [0.1, 0.15) is 0 Å². The van der Waals surface area contributed by atoms with E-state index in [4.69, 9.17) is 21.1 Å². The van der Waals surface area contributed by atoms with Crippen LogP contribution in [0.1, 0.15) is 43.2 Å². The number of nitrogen functional groups attached to an aromatic ring is 1. The van der Waals surface area contributed by atoms with Gasteiger partial charge in [-0.15, -0.1) is 0 Å². The Hall–Kier alpha value is -6.18. The fourth-order valence-corrected chi connectivity index (χ4v) is 6.68. The predicted octanol–water partition coefficient (Wildman–Crippen LogP) is 3.67. The molecule has 0 unspecified atom stereocenters. The number of anilines is 1. The van der Waals surface area contributed by atoms with Gasteiger partial charge in [-0.05, 0) is 59.6 Å². The number of aromatic carboxylic acids is 1. The number of hydrogen-bond acceptors (Lipinski definition) is 12. The fourth-order valence-electron chi connectivity index (χ4n) is 5.20. The van der Waals surface area contributed by atoms with Gasteiger partial charge >= 0.3 is 5.97 Å². The lowest BCUT2D eigenvalue weighted by molar-refractivity contribution is 0.0697. The highest BCUT2D eigenvalue weighted by atomic mass is 32.2. The van der Waals surface area contributed by atoms with Gasteiger partial charge in [0.05, 0.1) is 23.2 Å². The van der Waals surface area contributed by atoms with Crippen molar-refractivity contribution in [1.29, 1.82) is 5.41 Å². The molecule has 18 nitrogen and oxygen atoms in total. The third-order valence-electron chi connectivity index (χ3n) is 7.38. The Morgan fingerprint density at radius 3 is 2.26 bits per heavy atom. The van der Waals surface area contributed by atoms with E-state index in [1.807, 2.05) is 0 Å². The van der Waals surface area contributed by atoms with Crippen molar-refractivity contribution < 1.29 is 49.8 Å². The van der Waals surface area contributed by atoms with Crippen molar-refractivity contribution in [2.75, 3.05) is 12.3 Å². The summed E-state index contributed by atoms with van der Waals surface area (Å²) < 4.78 is 75.1. The van der Waals surface area contributed by atoms with E-state index in [1.54, 1.807) is 0 Å². The Kier molecular flexibility index (Phi) is 9.40. The van der Waals surface area contributed by atoms with Crippen LogP contribution in [0.4, 0.5) is 5.69 Å². The van der Waals surface area contributed by atoms with Crippen molar-refractivity contribution in [2.24, 2.45) is 5.11 Å². The molecule has 0 spiro atoms. The molecule has 7 N–H and O–H groups in total. The molecular weight excluding hydrogens is 699 g/mol. The SMILES string of the molecule is [N-]=[N+]=NCc1ccc(C(=O)CCNC(=O)c2ccc(-c3c4ccc(=N)c(S(=O)(=O)O)c-4oc4c(S(=O)(=O)O)c(N)ccc34)c(C(=O)O)c2)cn1. The van der Waals surface area contributed by atoms with Gasteiger partial charge in [0.2, 0.25) is 0 Å². The average molecular weight is 722 g/mol. The Labute approximate surface area is 281 Å². The molecule has 0 bridgehead atoms. The van der Waals surface area contributed by atoms with Crippen LogP contribution in [0.25, 0.3) is 43.9 Å². The average Bonchev–Trinajstić information content (AvgIpc) is 3.04. The number of nitrogens with two attached hydrogens (primary N) is 1. The van der Waals surface area contributed by atoms with E-state index >= 15 is 0 Å². The summed E-state index contributed by atoms with van der Waals surface area (Å²) in [5, 5.41) is 23.3. The standard InChI is InChI=1S/C30H23N7O11S2/c31-21-7-5-18-24(19-6-8-22(32)28(50(45,46)47)26(19)48-25(18)27(21)49(42,43)44)17-4-2-14(11-20(17)30(40)41)29(39)34-10-9-23(38)15-1-3-16(35-12-15)13-36-37-33/h1-8,11-12,31H,9-10,13,32H2,(H,34,39)(H,40,41)(H,42,43,44)(H,45,46,47). The van der Waals surface area contributed by atoms with Gasteiger partial charge in [-0.25, -0.2) is 4.79 Å². The van der Waals surface area contributed by atoms with E-state index in [0.717, 1.165) is 18.2 Å². The lowest BCUT2D eigenvalue weighted by Crippen LogP contribution is -2.26. The maximum absolute atomic E-state index is 13.0. The van der Waals surface area contributed by atoms with Crippen LogP contribution in [-0.4, -0.2) is 60.2 Å². The molecule has 3 aromatic rings. The van der Waals surface area contributed by atoms with Gasteiger partial charge in [-0.2, -0.15) is 16.8 Å². The molecule has 1 aliphatic heterocycles. The summed E-state index contributed by atoms with van der Waals surface area (Å²) in [4.78, 5) is 42.8. The molecule has 256 valence electrons. The number of carboxylic acids is 1. The minimum absolute atomic E-state index is 0.00214. The molecule has 2 aromatic carbocycles. The normalized spacial score (nSPS) is 11.6. The lowest BCUT2D eigenvalue weighted by Gasteiger charge is -2.20. The lowest BCUT2D eigenvalue weighted by atomic mass is 9.89. The first-order valence-corrected chi connectivity index (χ1v) is 16.9. The van der Waals surface area contributed by atoms with Crippen molar-refractivity contribution in [1.82, 2.24) is 10.3 Å². The number of rotatable bonds is 11. The van der Waals surface area contributed by atoms with Crippen LogP contribution in [0.3, 0.4) is 0 Å². The van der Waals surface area contributed by atoms with Gasteiger partial charge in [-0.1, -0.05) is 11.2 Å². The summed E-state index contributed by atoms with van der Waals surface area (Å²) in [7, 11) is -10.4. The second-order valence-electron chi connectivity index (χ2n) is 10.5. The molecule has 0 fully saturated rings. The van der Waals surface area contributed by atoms with Crippen molar-refractivity contribution in [3.05, 3.63) is 99.0 Å². The monoisotopic (exact) mass is 721 g/mol. The number of ketones is 1. The van der Waals surface area contributed by atoms with Crippen LogP contribution in [0.2, 0.25) is 0 Å². The number of amides is 1. The molecule has 50 heavy (non-hydrogen) atoms. The maximum atomic E-state index is 13.0. The van der Waals surface area contributed by atoms with Gasteiger partial charge in [0.15, 0.2) is 26.9 Å². The summed E-state index contributed by atoms with van der Waals surface area (Å²) in [6.45, 7) is -0.145. The third kappa shape index (κ3) is 6.86. The number of carboxylic acid groups (broad SMARTS) is 1. The predicted molar refractivity (Wildman–Crippen MR) is 173 cm³/mol. The quantitative estimate of drug-likeness (QED) is 0.0216. The number of carbonyl (C=O) groups is 3. The number of aromatic nitrogens is 1. The Morgan fingerprint density at radius 2 is 1.64 bits per heavy atom. The Bertz CT molecular complexity index is 2550. The van der Waals surface area contributed by atoms with Crippen LogP contribution in [-0.2, 0) is 26.8 Å². The molecule has 1 amide bonds. The topological polar surface area (TPSA) is 317 Å². The van der Waals surface area contributed by atoms with Crippen molar-refractivity contribution >= 4 is 54.6 Å². The zero-order valence-electron chi connectivity index (χ0n) is 25.2. The van der Waals surface area contributed by atoms with E-state index in [0.29, 0.717) is 5.69 Å². The first-order valence-electron chi connectivity index (χ1n) is 14.0. The minimum Gasteiger partial charge on any atom is -0.478 e. The van der Waals surface area contributed by atoms with Crippen LogP contribution in [0.5, 0.6) is 0 Å². The highest BCUT2D eigenvalue weighted by Crippen LogP contribution is 2.45. The van der Waals surface area contributed by atoms with Crippen molar-refractivity contribution in [3.63, 3.8) is 0 Å². The molecule has 0 saturated carbocycles. The molecule has 2 aliphatic rings. The number of benzene rings is 3. The zero-order valence-corrected chi connectivity index (χ0v) is 26.8. The fraction of sp³-hybridized carbons (Fsp3) is 0.100. The number of fused-ring (bicyclic) bond motifs is 2. The Balaban J connectivity index is 1.58. The Morgan fingerprint density at radius 1 is 0.960 bits per heavy atom. The van der Waals surface area contributed by atoms with E-state index in [9.17, 15) is 45.4 Å². The summed E-state index contributed by atoms with van der Waals surface area (Å²) in [5.41, 5.74) is 12.5. The molecule has 5 rings (SSSR count). The van der Waals surface area contributed by atoms with E-state index in [2.05, 4.69) is 20.3 Å². The highest BCUT2D eigenvalue weighted by molar-refractivity contribution is 7.86. The maximum Gasteiger partial charge on any atom is 0.336 e. The smallest absolute Gasteiger partial charge is 0.336 e. The number of pyridine rings is 1. The van der Waals surface area contributed by atoms with Crippen LogP contribution in [0.15, 0.2) is 80.1 Å². The zero-order chi connectivity index (χ0) is 36.5. The number of Topliss-reactive ketones (excluding diaryl/α,β-unsaturated/α-hetero) is 1. The largest absolute Gasteiger partial charge is 0.478 e. The van der Waals surface area contributed by atoms with Gasteiger partial charge in [0, 0.05) is 57.4 Å². The number of carbonyl (C=O) groups excluding carboxylic acids is 2. The third-order valence-corrected chi connectivity index (χ3v) is 9.23. The second kappa shape index (κ2) is 13.4. The number of hydrogen-bond donors (Lipinski definition) is 6. The van der Waals surface area contributed by atoms with Crippen LogP contribution >= 0.6 is 0 Å². The van der Waals surface area contributed by atoms with E-state index in [1.165, 1.54) is 42.6 Å². The van der Waals surface area contributed by atoms with Crippen molar-refractivity contribution in [2.45, 2.75) is 22.8 Å². The van der Waals surface area contributed by atoms with Gasteiger partial charge in [-0.3, -0.25) is 29.1 Å².